The Hall–Kier alpha value is -1.63. The molecule has 1 saturated heterocycles. The fourth-order valence-electron chi connectivity index (χ4n) is 2.81. The molecule has 0 aliphatic carbocycles. The van der Waals surface area contributed by atoms with Crippen molar-refractivity contribution < 1.29 is 10.3 Å². The van der Waals surface area contributed by atoms with Crippen molar-refractivity contribution in [1.29, 1.82) is 0 Å². The molecule has 6 nitrogen and oxygen atoms in total. The van der Waals surface area contributed by atoms with E-state index < -0.39 is 0 Å². The van der Waals surface area contributed by atoms with Crippen LogP contribution in [0.1, 0.15) is 18.0 Å². The van der Waals surface area contributed by atoms with Gasteiger partial charge < -0.3 is 16.0 Å². The highest BCUT2D eigenvalue weighted by Gasteiger charge is 2.25. The minimum atomic E-state index is 0.123. The third-order valence-electron chi connectivity index (χ3n) is 3.98. The number of hydrogen-bond acceptors (Lipinski definition) is 5. The Morgan fingerprint density at radius 2 is 1.86 bits per heavy atom. The van der Waals surface area contributed by atoms with Crippen LogP contribution in [-0.2, 0) is 0 Å². The number of aliphatic hydroxyl groups excluding tert-OH is 1. The van der Waals surface area contributed by atoms with E-state index in [4.69, 9.17) is 16.0 Å². The molecule has 116 valence electrons. The van der Waals surface area contributed by atoms with Gasteiger partial charge in [-0.1, -0.05) is 35.5 Å². The molecular weight excluding hydrogens is 268 g/mol. The zero-order valence-electron chi connectivity index (χ0n) is 12.2. The van der Waals surface area contributed by atoms with E-state index in [1.165, 1.54) is 5.56 Å². The number of oxime groups is 1. The summed E-state index contributed by atoms with van der Waals surface area (Å²) in [7, 11) is 0. The standard InChI is InChI=1S/C15H24N4O2/c16-15(17-21)12-14(13-4-2-1-3-5-13)19-8-6-18(7-9-19)10-11-20/h1-5,14,20-21H,6-12H2,(H2,16,17). The number of nitrogens with zero attached hydrogens (tertiary/aromatic N) is 3. The molecule has 4 N–H and O–H groups in total. The molecule has 0 spiro atoms. The maximum Gasteiger partial charge on any atom is 0.141 e. The van der Waals surface area contributed by atoms with E-state index in [1.807, 2.05) is 18.2 Å². The summed E-state index contributed by atoms with van der Waals surface area (Å²) in [5.41, 5.74) is 6.90. The van der Waals surface area contributed by atoms with Crippen molar-refractivity contribution >= 4 is 5.84 Å². The lowest BCUT2D eigenvalue weighted by Crippen LogP contribution is -2.48. The maximum absolute atomic E-state index is 9.01. The first kappa shape index (κ1) is 15.8. The van der Waals surface area contributed by atoms with Crippen LogP contribution in [0.2, 0.25) is 0 Å². The lowest BCUT2D eigenvalue weighted by molar-refractivity contribution is 0.0849. The molecule has 1 fully saturated rings. The van der Waals surface area contributed by atoms with Gasteiger partial charge in [-0.3, -0.25) is 9.80 Å². The van der Waals surface area contributed by atoms with Crippen LogP contribution >= 0.6 is 0 Å². The number of rotatable bonds is 6. The Morgan fingerprint density at radius 3 is 2.43 bits per heavy atom. The third kappa shape index (κ3) is 4.42. The minimum absolute atomic E-state index is 0.123. The molecule has 1 atom stereocenters. The molecule has 0 bridgehead atoms. The van der Waals surface area contributed by atoms with Gasteiger partial charge in [0.25, 0.3) is 0 Å². The number of aliphatic hydroxyl groups is 1. The Labute approximate surface area is 125 Å². The highest BCUT2D eigenvalue weighted by atomic mass is 16.4. The Balaban J connectivity index is 2.06. The molecule has 0 aromatic heterocycles. The average molecular weight is 292 g/mol. The molecule has 1 unspecified atom stereocenters. The predicted molar refractivity (Wildman–Crippen MR) is 82.3 cm³/mol. The topological polar surface area (TPSA) is 85.3 Å². The van der Waals surface area contributed by atoms with Crippen LogP contribution in [0, 0.1) is 0 Å². The van der Waals surface area contributed by atoms with Gasteiger partial charge in [0.05, 0.1) is 6.61 Å². The second-order valence-corrected chi connectivity index (χ2v) is 5.32. The van der Waals surface area contributed by atoms with Crippen LogP contribution in [0.15, 0.2) is 35.5 Å². The van der Waals surface area contributed by atoms with E-state index in [0.717, 1.165) is 32.7 Å². The second-order valence-electron chi connectivity index (χ2n) is 5.32. The first-order valence-corrected chi connectivity index (χ1v) is 7.33. The fraction of sp³-hybridized carbons (Fsp3) is 0.533. The van der Waals surface area contributed by atoms with Crippen LogP contribution in [-0.4, -0.2) is 65.3 Å². The predicted octanol–water partition coefficient (Wildman–Crippen LogP) is 0.474. The molecule has 0 radical (unpaired) electrons. The summed E-state index contributed by atoms with van der Waals surface area (Å²) in [5, 5.41) is 21.0. The number of piperazine rings is 1. The molecule has 1 aromatic carbocycles. The Morgan fingerprint density at radius 1 is 1.19 bits per heavy atom. The van der Waals surface area contributed by atoms with E-state index in [0.29, 0.717) is 6.42 Å². The number of benzene rings is 1. The van der Waals surface area contributed by atoms with Crippen molar-refractivity contribution in [2.75, 3.05) is 39.3 Å². The molecule has 0 amide bonds. The van der Waals surface area contributed by atoms with Gasteiger partial charge in [0.1, 0.15) is 5.84 Å². The smallest absolute Gasteiger partial charge is 0.141 e. The van der Waals surface area contributed by atoms with Crippen LogP contribution in [0.4, 0.5) is 0 Å². The van der Waals surface area contributed by atoms with E-state index in [9.17, 15) is 0 Å². The molecule has 1 aromatic rings. The third-order valence-corrected chi connectivity index (χ3v) is 3.98. The molecule has 6 heteroatoms. The first-order valence-electron chi connectivity index (χ1n) is 7.33. The van der Waals surface area contributed by atoms with E-state index in [1.54, 1.807) is 0 Å². The molecule has 0 saturated carbocycles. The summed E-state index contributed by atoms with van der Waals surface area (Å²) in [6, 6.07) is 10.3. The van der Waals surface area contributed by atoms with Gasteiger partial charge in [0.2, 0.25) is 0 Å². The monoisotopic (exact) mass is 292 g/mol. The second kappa shape index (κ2) is 7.97. The first-order chi connectivity index (χ1) is 10.2. The van der Waals surface area contributed by atoms with E-state index >= 15 is 0 Å². The molecular formula is C15H24N4O2. The largest absolute Gasteiger partial charge is 0.409 e. The van der Waals surface area contributed by atoms with Crippen molar-refractivity contribution in [3.05, 3.63) is 35.9 Å². The molecule has 1 aliphatic rings. The van der Waals surface area contributed by atoms with Crippen LogP contribution < -0.4 is 5.73 Å². The zero-order chi connectivity index (χ0) is 15.1. The average Bonchev–Trinajstić information content (AvgIpc) is 2.54. The van der Waals surface area contributed by atoms with E-state index in [-0.39, 0.29) is 18.5 Å². The van der Waals surface area contributed by atoms with Crippen LogP contribution in [0.25, 0.3) is 0 Å². The molecule has 21 heavy (non-hydrogen) atoms. The van der Waals surface area contributed by atoms with Crippen LogP contribution in [0.3, 0.4) is 0 Å². The highest BCUT2D eigenvalue weighted by molar-refractivity contribution is 5.80. The molecule has 1 heterocycles. The van der Waals surface area contributed by atoms with Crippen LogP contribution in [0.5, 0.6) is 0 Å². The number of hydrogen-bond donors (Lipinski definition) is 3. The summed E-state index contributed by atoms with van der Waals surface area (Å²) >= 11 is 0. The van der Waals surface area contributed by atoms with Crippen molar-refractivity contribution in [3.8, 4) is 0 Å². The molecule has 2 rings (SSSR count). The Kier molecular flexibility index (Phi) is 5.98. The van der Waals surface area contributed by atoms with Gasteiger partial charge in [-0.05, 0) is 5.56 Å². The van der Waals surface area contributed by atoms with Gasteiger partial charge in [0.15, 0.2) is 0 Å². The lowest BCUT2D eigenvalue weighted by Gasteiger charge is -2.39. The number of amidine groups is 1. The van der Waals surface area contributed by atoms with Crippen molar-refractivity contribution in [2.45, 2.75) is 12.5 Å². The lowest BCUT2D eigenvalue weighted by atomic mass is 10.0. The van der Waals surface area contributed by atoms with Gasteiger partial charge in [-0.15, -0.1) is 0 Å². The number of nitrogens with two attached hydrogens (primary N) is 1. The van der Waals surface area contributed by atoms with Crippen molar-refractivity contribution in [2.24, 2.45) is 10.9 Å². The van der Waals surface area contributed by atoms with Crippen molar-refractivity contribution in [1.82, 2.24) is 9.80 Å². The highest BCUT2D eigenvalue weighted by Crippen LogP contribution is 2.25. The summed E-state index contributed by atoms with van der Waals surface area (Å²) < 4.78 is 0. The summed E-state index contributed by atoms with van der Waals surface area (Å²) in [4.78, 5) is 4.61. The van der Waals surface area contributed by atoms with Gasteiger partial charge in [-0.2, -0.15) is 0 Å². The number of β-amino-alcohol motifs (C(OH)–C–C–N with tert-alkyl or cyclic N) is 1. The fourth-order valence-corrected chi connectivity index (χ4v) is 2.81. The van der Waals surface area contributed by atoms with E-state index in [2.05, 4.69) is 27.1 Å². The van der Waals surface area contributed by atoms with Gasteiger partial charge in [0, 0.05) is 45.2 Å². The summed E-state index contributed by atoms with van der Waals surface area (Å²) in [6.45, 7) is 4.62. The molecule has 1 aliphatic heterocycles. The van der Waals surface area contributed by atoms with Crippen molar-refractivity contribution in [3.63, 3.8) is 0 Å². The normalized spacial score (nSPS) is 19.6. The van der Waals surface area contributed by atoms with Gasteiger partial charge in [-0.25, -0.2) is 0 Å². The SMILES string of the molecule is NC(CC(c1ccccc1)N1CCN(CCO)CC1)=NO. The zero-order valence-corrected chi connectivity index (χ0v) is 12.2. The maximum atomic E-state index is 9.01. The quantitative estimate of drug-likeness (QED) is 0.307. The Bertz CT molecular complexity index is 444. The van der Waals surface area contributed by atoms with Gasteiger partial charge >= 0.3 is 0 Å². The summed E-state index contributed by atoms with van der Waals surface area (Å²) in [6.07, 6.45) is 0.514. The minimum Gasteiger partial charge on any atom is -0.409 e. The summed E-state index contributed by atoms with van der Waals surface area (Å²) in [5.74, 6) is 0.252.